The predicted molar refractivity (Wildman–Crippen MR) is 274 cm³/mol. The molecule has 2 aromatic heterocycles. The van der Waals surface area contributed by atoms with Crippen LogP contribution in [0.15, 0.2) is 236 Å². The molecule has 12 rings (SSSR count). The maximum Gasteiger partial charge on any atom is 0.0629 e. The van der Waals surface area contributed by atoms with E-state index in [2.05, 4.69) is 260 Å². The van der Waals surface area contributed by atoms with Gasteiger partial charge in [0.2, 0.25) is 0 Å². The Morgan fingerprint density at radius 2 is 1.29 bits per heavy atom. The molecule has 0 spiro atoms. The molecule has 0 saturated carbocycles. The van der Waals surface area contributed by atoms with Gasteiger partial charge < -0.3 is 14.5 Å². The number of hydrogen-bond acceptors (Lipinski definition) is 1. The van der Waals surface area contributed by atoms with Crippen LogP contribution < -0.4 is 4.90 Å². The van der Waals surface area contributed by atoms with Crippen molar-refractivity contribution in [2.75, 3.05) is 4.90 Å². The van der Waals surface area contributed by atoms with E-state index in [0.29, 0.717) is 0 Å². The van der Waals surface area contributed by atoms with Gasteiger partial charge in [-0.3, -0.25) is 0 Å². The van der Waals surface area contributed by atoms with Crippen LogP contribution in [0.1, 0.15) is 43.9 Å². The van der Waals surface area contributed by atoms with E-state index in [1.807, 2.05) is 0 Å². The highest BCUT2D eigenvalue weighted by Gasteiger charge is 2.45. The number of aromatic amines is 1. The Bertz CT molecular complexity index is 3440. The average Bonchev–Trinajstić information content (AvgIpc) is 3.97. The van der Waals surface area contributed by atoms with Gasteiger partial charge in [0.25, 0.3) is 0 Å². The number of rotatable bonds is 6. The second-order valence-corrected chi connectivity index (χ2v) is 19.0. The number of para-hydroxylation sites is 3. The number of aromatic nitrogens is 2. The number of H-pyrrole nitrogens is 1. The Kier molecular flexibility index (Phi) is 9.17. The topological polar surface area (TPSA) is 24.0 Å². The second-order valence-electron chi connectivity index (χ2n) is 19.0. The number of benzene rings is 6. The summed E-state index contributed by atoms with van der Waals surface area (Å²) in [5.74, 6) is 0.198. The molecule has 3 aliphatic carbocycles. The summed E-state index contributed by atoms with van der Waals surface area (Å²) < 4.78 is 2.40. The molecule has 0 bridgehead atoms. The van der Waals surface area contributed by atoms with E-state index in [9.17, 15) is 0 Å². The van der Waals surface area contributed by atoms with Crippen LogP contribution in [0.3, 0.4) is 0 Å². The molecule has 3 heterocycles. The number of fused-ring (bicyclic) bond motifs is 7. The molecule has 1 aliphatic heterocycles. The third-order valence-electron chi connectivity index (χ3n) is 14.2. The van der Waals surface area contributed by atoms with Gasteiger partial charge in [-0.15, -0.1) is 0 Å². The van der Waals surface area contributed by atoms with E-state index >= 15 is 0 Å². The molecule has 8 aromatic rings. The number of nitrogens with one attached hydrogen (secondary N) is 1. The molecule has 0 radical (unpaired) electrons. The van der Waals surface area contributed by atoms with Gasteiger partial charge >= 0.3 is 0 Å². The molecule has 3 atom stereocenters. The van der Waals surface area contributed by atoms with E-state index in [0.717, 1.165) is 11.9 Å². The summed E-state index contributed by atoms with van der Waals surface area (Å²) in [6.07, 6.45) is 22.4. The molecule has 0 amide bonds. The van der Waals surface area contributed by atoms with Crippen molar-refractivity contribution in [3.05, 3.63) is 253 Å². The molecule has 3 nitrogen and oxygen atoms in total. The predicted octanol–water partition coefficient (Wildman–Crippen LogP) is 15.7. The van der Waals surface area contributed by atoms with Gasteiger partial charge in [0.15, 0.2) is 0 Å². The van der Waals surface area contributed by atoms with Crippen molar-refractivity contribution in [3.8, 4) is 16.8 Å². The minimum Gasteiger partial charge on any atom is -0.361 e. The Morgan fingerprint density at radius 3 is 2.09 bits per heavy atom. The zero-order chi connectivity index (χ0) is 43.7. The van der Waals surface area contributed by atoms with E-state index < -0.39 is 0 Å². The van der Waals surface area contributed by atoms with E-state index in [1.165, 1.54) is 88.8 Å². The second kappa shape index (κ2) is 15.3. The van der Waals surface area contributed by atoms with Crippen molar-refractivity contribution in [1.82, 2.24) is 9.55 Å². The Balaban J connectivity index is 0.927. The quantitative estimate of drug-likeness (QED) is 0.177. The van der Waals surface area contributed by atoms with Crippen LogP contribution in [-0.4, -0.2) is 15.6 Å². The van der Waals surface area contributed by atoms with Crippen LogP contribution in [0.5, 0.6) is 0 Å². The van der Waals surface area contributed by atoms with Crippen molar-refractivity contribution in [3.63, 3.8) is 0 Å². The lowest BCUT2D eigenvalue weighted by Crippen LogP contribution is -2.31. The Hall–Kier alpha value is -7.62. The summed E-state index contributed by atoms with van der Waals surface area (Å²) in [5.41, 5.74) is 17.2. The van der Waals surface area contributed by atoms with Crippen LogP contribution >= 0.6 is 0 Å². The van der Waals surface area contributed by atoms with E-state index in [1.54, 1.807) is 0 Å². The van der Waals surface area contributed by atoms with Crippen molar-refractivity contribution in [2.24, 2.45) is 11.3 Å². The minimum atomic E-state index is -0.0783. The van der Waals surface area contributed by atoms with Crippen LogP contribution in [0.25, 0.3) is 60.7 Å². The molecule has 314 valence electrons. The van der Waals surface area contributed by atoms with E-state index in [4.69, 9.17) is 0 Å². The molecule has 1 saturated heterocycles. The van der Waals surface area contributed by atoms with Crippen molar-refractivity contribution in [1.29, 1.82) is 0 Å². The average molecular weight is 838 g/mol. The van der Waals surface area contributed by atoms with Crippen molar-refractivity contribution in [2.45, 2.75) is 38.6 Å². The third-order valence-corrected chi connectivity index (χ3v) is 14.2. The molecule has 65 heavy (non-hydrogen) atoms. The molecular formula is C62H51N3. The first-order valence-electron chi connectivity index (χ1n) is 23.0. The number of nitrogens with zero attached hydrogens (tertiary/aromatic N) is 2. The van der Waals surface area contributed by atoms with Crippen molar-refractivity contribution >= 4 is 49.5 Å². The molecule has 3 heteroatoms. The maximum absolute atomic E-state index is 3.61. The monoisotopic (exact) mass is 837 g/mol. The lowest BCUT2D eigenvalue weighted by atomic mass is 9.75. The molecule has 6 aromatic carbocycles. The van der Waals surface area contributed by atoms with Crippen LogP contribution in [-0.2, 0) is 5.41 Å². The standard InChI is InChI=1S/C62H51N3/c1-61(2)40-55-53-38-46(26-30-58(53)65(60(55)41-61)49-29-31-59-54(39-49)51-21-11-13-23-57(51)64(59)48-18-8-5-9-19-48)45-17-14-36-63-56-22-12-10-20-50(56)52(37-45)44-24-27-47(28-25-44)62(3)34-32-43(33-35-62)42-15-6-4-7-16-42/h4-34,36-41,53,58,63H,35H2,1-3H3. The van der Waals surface area contributed by atoms with Gasteiger partial charge in [-0.2, -0.15) is 0 Å². The lowest BCUT2D eigenvalue weighted by molar-refractivity contribution is 0.601. The summed E-state index contributed by atoms with van der Waals surface area (Å²) in [6.45, 7) is 7.02. The summed E-state index contributed by atoms with van der Waals surface area (Å²) in [4.78, 5) is 6.21. The highest BCUT2D eigenvalue weighted by atomic mass is 15.2. The summed E-state index contributed by atoms with van der Waals surface area (Å²) in [7, 11) is 0. The number of anilines is 1. The third kappa shape index (κ3) is 6.73. The number of allylic oxidation sites excluding steroid dienone is 9. The first-order valence-corrected chi connectivity index (χ1v) is 23.0. The number of hydrogen-bond donors (Lipinski definition) is 1. The van der Waals surface area contributed by atoms with Crippen LogP contribution in [0.2, 0.25) is 0 Å². The highest BCUT2D eigenvalue weighted by molar-refractivity contribution is 6.10. The molecule has 1 N–H and O–H groups in total. The molecule has 4 aliphatic rings. The van der Waals surface area contributed by atoms with Crippen molar-refractivity contribution < 1.29 is 0 Å². The first-order chi connectivity index (χ1) is 31.8. The normalized spacial score (nSPS) is 20.6. The van der Waals surface area contributed by atoms with Gasteiger partial charge in [-0.25, -0.2) is 0 Å². The van der Waals surface area contributed by atoms with Gasteiger partial charge in [-0.05, 0) is 106 Å². The molecule has 3 unspecified atom stereocenters. The zero-order valence-corrected chi connectivity index (χ0v) is 37.1. The smallest absolute Gasteiger partial charge is 0.0629 e. The van der Waals surface area contributed by atoms with Gasteiger partial charge in [0.1, 0.15) is 0 Å². The summed E-state index contributed by atoms with van der Waals surface area (Å²) >= 11 is 0. The zero-order valence-electron chi connectivity index (χ0n) is 37.1. The fraction of sp³-hybridized carbons (Fsp3) is 0.129. The van der Waals surface area contributed by atoms with Gasteiger partial charge in [-0.1, -0.05) is 185 Å². The largest absolute Gasteiger partial charge is 0.361 e. The lowest BCUT2D eigenvalue weighted by Gasteiger charge is -2.30. The Morgan fingerprint density at radius 1 is 0.569 bits per heavy atom. The molecule has 1 fully saturated rings. The fourth-order valence-electron chi connectivity index (χ4n) is 10.9. The first kappa shape index (κ1) is 39.0. The fourth-order valence-corrected chi connectivity index (χ4v) is 10.9. The maximum atomic E-state index is 3.61. The molecular weight excluding hydrogens is 787 g/mol. The highest BCUT2D eigenvalue weighted by Crippen LogP contribution is 2.52. The van der Waals surface area contributed by atoms with E-state index in [-0.39, 0.29) is 22.8 Å². The van der Waals surface area contributed by atoms with Crippen LogP contribution in [0.4, 0.5) is 5.69 Å². The van der Waals surface area contributed by atoms with Gasteiger partial charge in [0.05, 0.1) is 17.1 Å². The SMILES string of the molecule is CC1(C)C=C2C(=C1)N(c1ccc3c(c1)c1ccccc1n3-c1ccccc1)C1C=CC(c3ccc[nH]c4ccccc4c(-c4ccc(C5(C)C=CC(c6ccccc6)=CC5)cc4)c3)=CC21. The summed E-state index contributed by atoms with van der Waals surface area (Å²) in [5, 5.41) is 3.71. The Labute approximate surface area is 381 Å². The minimum absolute atomic E-state index is 0.0454. The summed E-state index contributed by atoms with van der Waals surface area (Å²) in [6, 6.07) is 62.3. The van der Waals surface area contributed by atoms with Gasteiger partial charge in [0, 0.05) is 61.7 Å². The van der Waals surface area contributed by atoms with Crippen LogP contribution in [0, 0.1) is 11.3 Å².